The molecule has 3 fully saturated rings. The monoisotopic (exact) mass is 369 g/mol. The standard InChI is InChI=1S/C23H28ClNO/c1-17-15-20(24)7-8-21(17)23(26,12-9-18-5-3-2-4-6-18)22-16-25-13-10-19(22)11-14-25/h2-8,15,19,22,26H,9-14,16H2,1H3. The minimum Gasteiger partial charge on any atom is -0.385 e. The lowest BCUT2D eigenvalue weighted by Gasteiger charge is -2.51. The van der Waals surface area contributed by atoms with Gasteiger partial charge in [0.25, 0.3) is 0 Å². The van der Waals surface area contributed by atoms with Crippen molar-refractivity contribution in [2.45, 2.75) is 38.2 Å². The second kappa shape index (κ2) is 7.34. The number of fused-ring (bicyclic) bond motifs is 3. The summed E-state index contributed by atoms with van der Waals surface area (Å²) in [6.07, 6.45) is 4.08. The van der Waals surface area contributed by atoms with E-state index in [1.165, 1.54) is 31.5 Å². The van der Waals surface area contributed by atoms with Crippen LogP contribution in [0.5, 0.6) is 0 Å². The summed E-state index contributed by atoms with van der Waals surface area (Å²) in [5.74, 6) is 0.921. The van der Waals surface area contributed by atoms with Gasteiger partial charge in [0.15, 0.2) is 0 Å². The number of piperidine rings is 3. The van der Waals surface area contributed by atoms with Crippen LogP contribution in [-0.2, 0) is 12.0 Å². The first-order valence-corrected chi connectivity index (χ1v) is 10.2. The highest BCUT2D eigenvalue weighted by atomic mass is 35.5. The molecule has 3 aliphatic rings. The topological polar surface area (TPSA) is 23.5 Å². The predicted molar refractivity (Wildman–Crippen MR) is 108 cm³/mol. The quantitative estimate of drug-likeness (QED) is 0.817. The van der Waals surface area contributed by atoms with E-state index in [4.69, 9.17) is 11.6 Å². The molecular weight excluding hydrogens is 342 g/mol. The van der Waals surface area contributed by atoms with Crippen molar-refractivity contribution in [2.75, 3.05) is 19.6 Å². The summed E-state index contributed by atoms with van der Waals surface area (Å²) in [6, 6.07) is 16.5. The fourth-order valence-corrected chi connectivity index (χ4v) is 5.34. The molecule has 2 unspecified atom stereocenters. The van der Waals surface area contributed by atoms with Crippen molar-refractivity contribution in [1.82, 2.24) is 4.90 Å². The molecule has 2 bridgehead atoms. The lowest BCUT2D eigenvalue weighted by atomic mass is 9.65. The molecule has 26 heavy (non-hydrogen) atoms. The Morgan fingerprint density at radius 1 is 1.12 bits per heavy atom. The maximum Gasteiger partial charge on any atom is 0.0945 e. The summed E-state index contributed by atoms with van der Waals surface area (Å²) in [5, 5.41) is 12.8. The zero-order valence-corrected chi connectivity index (χ0v) is 16.3. The van der Waals surface area contributed by atoms with Gasteiger partial charge in [-0.1, -0.05) is 48.0 Å². The molecule has 0 aromatic heterocycles. The van der Waals surface area contributed by atoms with Gasteiger partial charge < -0.3 is 10.0 Å². The first kappa shape index (κ1) is 18.0. The van der Waals surface area contributed by atoms with E-state index in [1.807, 2.05) is 18.2 Å². The summed E-state index contributed by atoms with van der Waals surface area (Å²) in [6.45, 7) is 5.47. The molecule has 0 spiro atoms. The maximum atomic E-state index is 12.1. The SMILES string of the molecule is Cc1cc(Cl)ccc1C(O)(CCc1ccccc1)C1CN2CCC1CC2. The molecule has 3 heteroatoms. The fourth-order valence-electron chi connectivity index (χ4n) is 5.12. The number of hydrogen-bond donors (Lipinski definition) is 1. The van der Waals surface area contributed by atoms with Crippen LogP contribution in [0.2, 0.25) is 5.02 Å². The molecule has 2 nitrogen and oxygen atoms in total. The van der Waals surface area contributed by atoms with Gasteiger partial charge in [0.1, 0.15) is 0 Å². The van der Waals surface area contributed by atoms with Crippen LogP contribution in [0.4, 0.5) is 0 Å². The maximum absolute atomic E-state index is 12.1. The Kier molecular flexibility index (Phi) is 5.09. The Labute approximate surface area is 161 Å². The van der Waals surface area contributed by atoms with Gasteiger partial charge in [-0.05, 0) is 80.4 Å². The number of halogens is 1. The summed E-state index contributed by atoms with van der Waals surface area (Å²) in [5.41, 5.74) is 2.66. The highest BCUT2D eigenvalue weighted by Gasteiger charge is 2.47. The van der Waals surface area contributed by atoms with E-state index in [2.05, 4.69) is 42.2 Å². The van der Waals surface area contributed by atoms with E-state index in [0.717, 1.165) is 35.5 Å². The highest BCUT2D eigenvalue weighted by Crippen LogP contribution is 2.46. The van der Waals surface area contributed by atoms with E-state index in [1.54, 1.807) is 0 Å². The van der Waals surface area contributed by atoms with E-state index >= 15 is 0 Å². The van der Waals surface area contributed by atoms with Crippen molar-refractivity contribution in [3.8, 4) is 0 Å². The molecule has 2 atom stereocenters. The zero-order chi connectivity index (χ0) is 18.1. The minimum atomic E-state index is -0.797. The van der Waals surface area contributed by atoms with Crippen LogP contribution < -0.4 is 0 Å². The van der Waals surface area contributed by atoms with Gasteiger partial charge in [0, 0.05) is 17.5 Å². The number of nitrogens with zero attached hydrogens (tertiary/aromatic N) is 1. The molecule has 3 heterocycles. The summed E-state index contributed by atoms with van der Waals surface area (Å²) < 4.78 is 0. The van der Waals surface area contributed by atoms with Gasteiger partial charge in [0.2, 0.25) is 0 Å². The number of aliphatic hydroxyl groups is 1. The van der Waals surface area contributed by atoms with Crippen LogP contribution in [0.3, 0.4) is 0 Å². The van der Waals surface area contributed by atoms with E-state index in [0.29, 0.717) is 11.8 Å². The first-order chi connectivity index (χ1) is 12.6. The van der Waals surface area contributed by atoms with Crippen molar-refractivity contribution in [2.24, 2.45) is 11.8 Å². The molecule has 0 amide bonds. The molecule has 0 radical (unpaired) electrons. The van der Waals surface area contributed by atoms with Gasteiger partial charge in [-0.2, -0.15) is 0 Å². The van der Waals surface area contributed by atoms with Crippen molar-refractivity contribution < 1.29 is 5.11 Å². The van der Waals surface area contributed by atoms with E-state index in [9.17, 15) is 5.11 Å². The Bertz CT molecular complexity index is 754. The van der Waals surface area contributed by atoms with Crippen LogP contribution >= 0.6 is 11.6 Å². The smallest absolute Gasteiger partial charge is 0.0945 e. The molecule has 5 rings (SSSR count). The number of rotatable bonds is 5. The van der Waals surface area contributed by atoms with Crippen molar-refractivity contribution in [3.05, 3.63) is 70.2 Å². The van der Waals surface area contributed by atoms with E-state index < -0.39 is 5.60 Å². The third kappa shape index (κ3) is 3.43. The number of hydrogen-bond acceptors (Lipinski definition) is 2. The Hall–Kier alpha value is -1.35. The van der Waals surface area contributed by atoms with Gasteiger partial charge in [0.05, 0.1) is 5.60 Å². The number of benzene rings is 2. The van der Waals surface area contributed by atoms with E-state index in [-0.39, 0.29) is 0 Å². The molecule has 0 saturated carbocycles. The van der Waals surface area contributed by atoms with Crippen LogP contribution in [-0.4, -0.2) is 29.6 Å². The predicted octanol–water partition coefficient (Wildman–Crippen LogP) is 4.81. The summed E-state index contributed by atoms with van der Waals surface area (Å²) >= 11 is 6.20. The van der Waals surface area contributed by atoms with Crippen LogP contribution in [0.25, 0.3) is 0 Å². The largest absolute Gasteiger partial charge is 0.385 e. The lowest BCUT2D eigenvalue weighted by molar-refractivity contribution is -0.106. The number of aryl methyl sites for hydroxylation is 2. The highest BCUT2D eigenvalue weighted by molar-refractivity contribution is 6.30. The third-order valence-corrected chi connectivity index (χ3v) is 6.80. The average molecular weight is 370 g/mol. The molecule has 2 aromatic rings. The van der Waals surface area contributed by atoms with Crippen molar-refractivity contribution in [1.29, 1.82) is 0 Å². The second-order valence-electron chi connectivity index (χ2n) is 8.11. The minimum absolute atomic E-state index is 0.300. The van der Waals surface area contributed by atoms with Crippen molar-refractivity contribution >= 4 is 11.6 Å². The van der Waals surface area contributed by atoms with Crippen molar-refractivity contribution in [3.63, 3.8) is 0 Å². The van der Waals surface area contributed by atoms with Crippen LogP contribution in [0.15, 0.2) is 48.5 Å². The molecule has 2 aromatic carbocycles. The molecule has 3 saturated heterocycles. The average Bonchev–Trinajstić information content (AvgIpc) is 2.68. The first-order valence-electron chi connectivity index (χ1n) is 9.81. The Morgan fingerprint density at radius 3 is 2.46 bits per heavy atom. The van der Waals surface area contributed by atoms with Gasteiger partial charge in [-0.15, -0.1) is 0 Å². The molecule has 0 aliphatic carbocycles. The molecule has 1 N–H and O–H groups in total. The summed E-state index contributed by atoms with van der Waals surface area (Å²) in [4.78, 5) is 2.53. The van der Waals surface area contributed by atoms with Gasteiger partial charge in [-0.25, -0.2) is 0 Å². The third-order valence-electron chi connectivity index (χ3n) is 6.56. The zero-order valence-electron chi connectivity index (χ0n) is 15.5. The molecule has 3 aliphatic heterocycles. The molecule has 138 valence electrons. The van der Waals surface area contributed by atoms with Gasteiger partial charge >= 0.3 is 0 Å². The summed E-state index contributed by atoms with van der Waals surface area (Å²) in [7, 11) is 0. The lowest BCUT2D eigenvalue weighted by Crippen LogP contribution is -2.55. The molecular formula is C23H28ClNO. The van der Waals surface area contributed by atoms with Crippen LogP contribution in [0.1, 0.15) is 36.0 Å². The van der Waals surface area contributed by atoms with Gasteiger partial charge in [-0.3, -0.25) is 0 Å². The fraction of sp³-hybridized carbons (Fsp3) is 0.478. The Balaban J connectivity index is 1.68. The Morgan fingerprint density at radius 2 is 1.85 bits per heavy atom. The normalized spacial score (nSPS) is 27.3. The second-order valence-corrected chi connectivity index (χ2v) is 8.55. The van der Waals surface area contributed by atoms with Crippen LogP contribution in [0, 0.1) is 18.8 Å².